The molecular formula is C74H116O6. The molecule has 0 N–H and O–H groups in total. The fourth-order valence-electron chi connectivity index (χ4n) is 8.19. The number of hydrogen-bond acceptors (Lipinski definition) is 6. The Labute approximate surface area is 492 Å². The monoisotopic (exact) mass is 1100 g/mol. The maximum absolute atomic E-state index is 12.9. The van der Waals surface area contributed by atoms with Gasteiger partial charge in [0.15, 0.2) is 6.10 Å². The number of unbranched alkanes of at least 4 members (excludes halogenated alkanes) is 17. The van der Waals surface area contributed by atoms with Gasteiger partial charge in [0.25, 0.3) is 0 Å². The van der Waals surface area contributed by atoms with Crippen LogP contribution in [0.25, 0.3) is 0 Å². The average molecular weight is 1100 g/mol. The fourth-order valence-corrected chi connectivity index (χ4v) is 8.19. The molecule has 0 aliphatic heterocycles. The number of hydrogen-bond donors (Lipinski definition) is 0. The van der Waals surface area contributed by atoms with E-state index in [1.54, 1.807) is 0 Å². The van der Waals surface area contributed by atoms with E-state index in [0.29, 0.717) is 19.3 Å². The number of carbonyl (C=O) groups is 3. The predicted molar refractivity (Wildman–Crippen MR) is 348 cm³/mol. The summed E-state index contributed by atoms with van der Waals surface area (Å²) in [6.45, 7) is 6.32. The molecule has 1 atom stereocenters. The van der Waals surface area contributed by atoms with Crippen molar-refractivity contribution in [3.8, 4) is 0 Å². The molecule has 0 aromatic carbocycles. The Morgan fingerprint density at radius 2 is 0.500 bits per heavy atom. The summed E-state index contributed by atoms with van der Waals surface area (Å²) in [6, 6.07) is 0. The van der Waals surface area contributed by atoms with Crippen molar-refractivity contribution < 1.29 is 28.6 Å². The zero-order chi connectivity index (χ0) is 57.8. The van der Waals surface area contributed by atoms with Crippen LogP contribution in [0, 0.1) is 0 Å². The molecule has 0 aliphatic rings. The zero-order valence-electron chi connectivity index (χ0n) is 51.3. The number of rotatable bonds is 56. The zero-order valence-corrected chi connectivity index (χ0v) is 51.3. The van der Waals surface area contributed by atoms with Crippen molar-refractivity contribution in [2.24, 2.45) is 0 Å². The Morgan fingerprint density at radius 1 is 0.263 bits per heavy atom. The standard InChI is InChI=1S/C74H116O6/c1-4-7-10-13-16-19-22-25-28-30-32-33-34-35-36-37-38-39-40-41-42-44-46-49-52-55-58-61-64-67-73(76)79-70-71(69-78-72(75)66-63-60-57-54-51-48-45-27-24-21-18-15-12-9-6-3)80-74(77)68-65-62-59-56-53-50-47-43-31-29-26-23-20-17-14-11-8-5-2/h7,9-10,12,16,18-19,21,25,27-29,31-33,35-36,38-39,41-42,45-46,49,51,54-55,58,71H,4-6,8,11,13-15,17,20,22-24,26,30,34,37,40,43-44,47-48,50,52-53,56-57,59-70H2,1-3H3/b10-7-,12-9-,19-16-,21-18-,28-25-,31-29-,33-32-,36-35-,39-38-,42-41-,45-27-,49-46-,54-51-,58-55-. The summed E-state index contributed by atoms with van der Waals surface area (Å²) in [6.07, 6.45) is 97.9. The lowest BCUT2D eigenvalue weighted by Crippen LogP contribution is -2.30. The van der Waals surface area contributed by atoms with E-state index in [4.69, 9.17) is 14.2 Å². The molecule has 0 spiro atoms. The van der Waals surface area contributed by atoms with Crippen LogP contribution in [0.3, 0.4) is 0 Å². The van der Waals surface area contributed by atoms with Crippen LogP contribution in [0.2, 0.25) is 0 Å². The second kappa shape index (κ2) is 66.3. The van der Waals surface area contributed by atoms with Crippen molar-refractivity contribution >= 4 is 17.9 Å². The van der Waals surface area contributed by atoms with Gasteiger partial charge in [-0.3, -0.25) is 14.4 Å². The molecule has 0 fully saturated rings. The maximum Gasteiger partial charge on any atom is 0.306 e. The molecule has 6 nitrogen and oxygen atoms in total. The van der Waals surface area contributed by atoms with Crippen molar-refractivity contribution in [3.63, 3.8) is 0 Å². The lowest BCUT2D eigenvalue weighted by atomic mass is 10.1. The van der Waals surface area contributed by atoms with Crippen LogP contribution in [0.5, 0.6) is 0 Å². The third kappa shape index (κ3) is 63.6. The topological polar surface area (TPSA) is 78.9 Å². The number of esters is 3. The van der Waals surface area contributed by atoms with Gasteiger partial charge in [0.05, 0.1) is 0 Å². The van der Waals surface area contributed by atoms with Gasteiger partial charge in [-0.25, -0.2) is 0 Å². The second-order valence-corrected chi connectivity index (χ2v) is 20.5. The quantitative estimate of drug-likeness (QED) is 0.0261. The molecule has 0 aromatic rings. The summed E-state index contributed by atoms with van der Waals surface area (Å²) < 4.78 is 16.8. The van der Waals surface area contributed by atoms with Gasteiger partial charge in [-0.1, -0.05) is 262 Å². The van der Waals surface area contributed by atoms with Crippen LogP contribution in [0.1, 0.15) is 258 Å². The molecule has 0 radical (unpaired) electrons. The smallest absolute Gasteiger partial charge is 0.306 e. The molecule has 0 rings (SSSR count). The third-order valence-corrected chi connectivity index (χ3v) is 12.9. The van der Waals surface area contributed by atoms with E-state index >= 15 is 0 Å². The number of allylic oxidation sites excluding steroid dienone is 28. The van der Waals surface area contributed by atoms with Gasteiger partial charge >= 0.3 is 17.9 Å². The first-order valence-electron chi connectivity index (χ1n) is 32.1. The summed E-state index contributed by atoms with van der Waals surface area (Å²) in [5.74, 6) is -1.03. The Hall–Kier alpha value is -5.23. The summed E-state index contributed by atoms with van der Waals surface area (Å²) in [5.41, 5.74) is 0. The maximum atomic E-state index is 12.9. The van der Waals surface area contributed by atoms with Gasteiger partial charge in [0.2, 0.25) is 0 Å². The Balaban J connectivity index is 4.52. The van der Waals surface area contributed by atoms with Crippen LogP contribution in [0.15, 0.2) is 170 Å². The van der Waals surface area contributed by atoms with Crippen LogP contribution in [-0.4, -0.2) is 37.2 Å². The van der Waals surface area contributed by atoms with Crippen molar-refractivity contribution in [2.45, 2.75) is 264 Å². The van der Waals surface area contributed by atoms with E-state index in [1.165, 1.54) is 83.5 Å². The third-order valence-electron chi connectivity index (χ3n) is 12.9. The lowest BCUT2D eigenvalue weighted by Gasteiger charge is -2.18. The summed E-state index contributed by atoms with van der Waals surface area (Å²) in [7, 11) is 0. The highest BCUT2D eigenvalue weighted by Gasteiger charge is 2.19. The molecule has 0 saturated carbocycles. The minimum Gasteiger partial charge on any atom is -0.462 e. The van der Waals surface area contributed by atoms with Gasteiger partial charge in [-0.15, -0.1) is 0 Å². The highest BCUT2D eigenvalue weighted by molar-refractivity contribution is 5.71. The second-order valence-electron chi connectivity index (χ2n) is 20.5. The van der Waals surface area contributed by atoms with Crippen molar-refractivity contribution in [3.05, 3.63) is 170 Å². The van der Waals surface area contributed by atoms with Crippen molar-refractivity contribution in [1.29, 1.82) is 0 Å². The fraction of sp³-hybridized carbons (Fsp3) is 0.581. The summed E-state index contributed by atoms with van der Waals surface area (Å²) in [5, 5.41) is 0. The first-order valence-corrected chi connectivity index (χ1v) is 32.1. The molecule has 448 valence electrons. The Bertz CT molecular complexity index is 1840. The Kier molecular flexibility index (Phi) is 61.9. The van der Waals surface area contributed by atoms with Crippen LogP contribution in [-0.2, 0) is 28.6 Å². The SMILES string of the molecule is CC/C=C\C/C=C\C/C=C\C/C=C\C/C=C\C/C=C\C/C=C\C/C=C\C/C=C\CCCC(=O)OCC(COC(=O)CCCC/C=C\C/C=C\C/C=C\C/C=C\CC)OC(=O)CCCCCCCCC/C=C\CCCCCCCCC. The molecule has 0 aromatic heterocycles. The van der Waals surface area contributed by atoms with Gasteiger partial charge in [0, 0.05) is 19.3 Å². The first kappa shape index (κ1) is 74.8. The van der Waals surface area contributed by atoms with E-state index < -0.39 is 6.10 Å². The molecule has 0 bridgehead atoms. The number of ether oxygens (including phenoxy) is 3. The van der Waals surface area contributed by atoms with Crippen molar-refractivity contribution in [1.82, 2.24) is 0 Å². The minimum atomic E-state index is -0.831. The minimum absolute atomic E-state index is 0.126. The van der Waals surface area contributed by atoms with Crippen LogP contribution in [0.4, 0.5) is 0 Å². The van der Waals surface area contributed by atoms with Crippen LogP contribution >= 0.6 is 0 Å². The molecule has 0 aliphatic carbocycles. The predicted octanol–water partition coefficient (Wildman–Crippen LogP) is 22.3. The van der Waals surface area contributed by atoms with E-state index in [1.807, 2.05) is 0 Å². The largest absolute Gasteiger partial charge is 0.462 e. The molecule has 0 amide bonds. The summed E-state index contributed by atoms with van der Waals surface area (Å²) in [4.78, 5) is 38.3. The van der Waals surface area contributed by atoms with Gasteiger partial charge in [0.1, 0.15) is 13.2 Å². The van der Waals surface area contributed by atoms with E-state index in [-0.39, 0.29) is 44.0 Å². The molecule has 0 heterocycles. The normalized spacial score (nSPS) is 13.3. The summed E-state index contributed by atoms with van der Waals surface area (Å²) >= 11 is 0. The van der Waals surface area contributed by atoms with E-state index in [2.05, 4.69) is 191 Å². The van der Waals surface area contributed by atoms with E-state index in [9.17, 15) is 14.4 Å². The molecular weight excluding hydrogens is 985 g/mol. The van der Waals surface area contributed by atoms with Gasteiger partial charge in [-0.05, 0) is 148 Å². The van der Waals surface area contributed by atoms with Crippen LogP contribution < -0.4 is 0 Å². The first-order chi connectivity index (χ1) is 39.5. The van der Waals surface area contributed by atoms with Crippen molar-refractivity contribution in [2.75, 3.05) is 13.2 Å². The lowest BCUT2D eigenvalue weighted by molar-refractivity contribution is -0.167. The molecule has 0 saturated heterocycles. The highest BCUT2D eigenvalue weighted by atomic mass is 16.6. The Morgan fingerprint density at radius 3 is 0.850 bits per heavy atom. The highest BCUT2D eigenvalue weighted by Crippen LogP contribution is 2.14. The van der Waals surface area contributed by atoms with Gasteiger partial charge in [-0.2, -0.15) is 0 Å². The van der Waals surface area contributed by atoms with Gasteiger partial charge < -0.3 is 14.2 Å². The number of carbonyl (C=O) groups excluding carboxylic acids is 3. The average Bonchev–Trinajstić information content (AvgIpc) is 3.46. The van der Waals surface area contributed by atoms with E-state index in [0.717, 1.165) is 122 Å². The molecule has 1 unspecified atom stereocenters. The molecule has 80 heavy (non-hydrogen) atoms. The molecule has 6 heteroatoms.